The van der Waals surface area contributed by atoms with E-state index in [1.165, 1.54) is 0 Å². The van der Waals surface area contributed by atoms with Gasteiger partial charge in [-0.2, -0.15) is 0 Å². The van der Waals surface area contributed by atoms with Crippen molar-refractivity contribution in [3.05, 3.63) is 0 Å². The molecule has 3 N–H and O–H groups in total. The summed E-state index contributed by atoms with van der Waals surface area (Å²) >= 11 is 0. The van der Waals surface area contributed by atoms with Crippen molar-refractivity contribution in [1.29, 1.82) is 0 Å². The zero-order valence-electron chi connectivity index (χ0n) is 6.65. The molecule has 0 bridgehead atoms. The Kier molecular flexibility index (Phi) is 4.72. The molecule has 1 unspecified atom stereocenters. The molecule has 0 aromatic rings. The molecule has 0 aliphatic carbocycles. The van der Waals surface area contributed by atoms with Crippen molar-refractivity contribution in [2.24, 2.45) is 5.73 Å². The summed E-state index contributed by atoms with van der Waals surface area (Å²) in [6.45, 7) is 7.30. The molecule has 2 nitrogen and oxygen atoms in total. The quantitative estimate of drug-likeness (QED) is 0.588. The van der Waals surface area contributed by atoms with Crippen LogP contribution in [-0.4, -0.2) is 18.6 Å². The summed E-state index contributed by atoms with van der Waals surface area (Å²) < 4.78 is 0. The lowest BCUT2D eigenvalue weighted by atomic mass is 10.2. The molecular weight excluding hydrogens is 112 g/mol. The van der Waals surface area contributed by atoms with E-state index in [0.717, 1.165) is 13.0 Å². The summed E-state index contributed by atoms with van der Waals surface area (Å²) in [6.07, 6.45) is 1.06. The van der Waals surface area contributed by atoms with Crippen LogP contribution in [0.1, 0.15) is 27.2 Å². The largest absolute Gasteiger partial charge is 0.327 e. The molecule has 0 spiro atoms. The van der Waals surface area contributed by atoms with Gasteiger partial charge in [0.15, 0.2) is 0 Å². The molecule has 0 aromatic heterocycles. The Labute approximate surface area is 57.8 Å². The molecule has 0 saturated heterocycles. The van der Waals surface area contributed by atoms with Crippen LogP contribution in [0.25, 0.3) is 0 Å². The van der Waals surface area contributed by atoms with Crippen LogP contribution in [0, 0.1) is 0 Å². The van der Waals surface area contributed by atoms with E-state index in [-0.39, 0.29) is 0 Å². The fourth-order valence-corrected chi connectivity index (χ4v) is 0.531. The maximum Gasteiger partial charge on any atom is 0.0162 e. The molecule has 9 heavy (non-hydrogen) atoms. The van der Waals surface area contributed by atoms with Crippen molar-refractivity contribution in [3.8, 4) is 0 Å². The van der Waals surface area contributed by atoms with Gasteiger partial charge in [0.05, 0.1) is 0 Å². The molecule has 1 atom stereocenters. The Balaban J connectivity index is 3.06. The first-order valence-electron chi connectivity index (χ1n) is 3.65. The van der Waals surface area contributed by atoms with Crippen molar-refractivity contribution in [3.63, 3.8) is 0 Å². The van der Waals surface area contributed by atoms with Gasteiger partial charge in [0.25, 0.3) is 0 Å². The highest BCUT2D eigenvalue weighted by Crippen LogP contribution is 1.84. The molecule has 0 saturated carbocycles. The van der Waals surface area contributed by atoms with Gasteiger partial charge in [0.1, 0.15) is 0 Å². The molecular formula is C7H18N2. The van der Waals surface area contributed by atoms with Crippen LogP contribution in [0.2, 0.25) is 0 Å². The fourth-order valence-electron chi connectivity index (χ4n) is 0.531. The zero-order chi connectivity index (χ0) is 7.28. The smallest absolute Gasteiger partial charge is 0.0162 e. The van der Waals surface area contributed by atoms with Gasteiger partial charge in [0, 0.05) is 18.6 Å². The van der Waals surface area contributed by atoms with Crippen LogP contribution in [0.3, 0.4) is 0 Å². The summed E-state index contributed by atoms with van der Waals surface area (Å²) in [6, 6.07) is 0.884. The average Bonchev–Trinajstić information content (AvgIpc) is 1.83. The summed E-state index contributed by atoms with van der Waals surface area (Å²) in [5.41, 5.74) is 5.66. The molecule has 0 aliphatic rings. The van der Waals surface area contributed by atoms with Gasteiger partial charge in [-0.3, -0.25) is 0 Å². The van der Waals surface area contributed by atoms with E-state index in [1.807, 2.05) is 0 Å². The van der Waals surface area contributed by atoms with Crippen LogP contribution in [-0.2, 0) is 0 Å². The first kappa shape index (κ1) is 8.92. The molecule has 0 rings (SSSR count). The van der Waals surface area contributed by atoms with Crippen molar-refractivity contribution in [1.82, 2.24) is 5.32 Å². The second kappa shape index (κ2) is 4.77. The second-order valence-corrected chi connectivity index (χ2v) is 2.73. The highest BCUT2D eigenvalue weighted by atomic mass is 14.9. The minimum absolute atomic E-state index is 0.326. The minimum Gasteiger partial charge on any atom is -0.327 e. The summed E-state index contributed by atoms with van der Waals surface area (Å²) in [7, 11) is 0. The molecule has 0 heterocycles. The topological polar surface area (TPSA) is 38.0 Å². The van der Waals surface area contributed by atoms with Crippen molar-refractivity contribution >= 4 is 0 Å². The van der Waals surface area contributed by atoms with Gasteiger partial charge in [-0.25, -0.2) is 0 Å². The Morgan fingerprint density at radius 1 is 1.44 bits per heavy atom. The average molecular weight is 130 g/mol. The third kappa shape index (κ3) is 5.80. The van der Waals surface area contributed by atoms with Crippen LogP contribution >= 0.6 is 0 Å². The number of hydrogen-bond donors (Lipinski definition) is 2. The van der Waals surface area contributed by atoms with Gasteiger partial charge in [-0.15, -0.1) is 0 Å². The predicted molar refractivity (Wildman–Crippen MR) is 41.4 cm³/mol. The summed E-state index contributed by atoms with van der Waals surface area (Å²) in [5.74, 6) is 0. The molecule has 0 fully saturated rings. The normalized spacial score (nSPS) is 14.3. The SMILES string of the molecule is CCC(N)CNC(C)C. The fraction of sp³-hybridized carbons (Fsp3) is 1.00. The zero-order valence-corrected chi connectivity index (χ0v) is 6.65. The van der Waals surface area contributed by atoms with Crippen LogP contribution in [0.15, 0.2) is 0 Å². The van der Waals surface area contributed by atoms with Gasteiger partial charge >= 0.3 is 0 Å². The summed E-state index contributed by atoms with van der Waals surface area (Å²) in [5, 5.41) is 3.27. The van der Waals surface area contributed by atoms with Gasteiger partial charge in [0.2, 0.25) is 0 Å². The lowest BCUT2D eigenvalue weighted by molar-refractivity contribution is 0.517. The van der Waals surface area contributed by atoms with Gasteiger partial charge < -0.3 is 11.1 Å². The number of hydrogen-bond acceptors (Lipinski definition) is 2. The summed E-state index contributed by atoms with van der Waals surface area (Å²) in [4.78, 5) is 0. The van der Waals surface area contributed by atoms with Crippen LogP contribution in [0.4, 0.5) is 0 Å². The molecule has 56 valence electrons. The lowest BCUT2D eigenvalue weighted by Crippen LogP contribution is -2.36. The van der Waals surface area contributed by atoms with E-state index >= 15 is 0 Å². The highest BCUT2D eigenvalue weighted by Gasteiger charge is 1.97. The highest BCUT2D eigenvalue weighted by molar-refractivity contribution is 4.63. The van der Waals surface area contributed by atoms with E-state index in [4.69, 9.17) is 5.73 Å². The van der Waals surface area contributed by atoms with Gasteiger partial charge in [-0.05, 0) is 6.42 Å². The number of nitrogens with one attached hydrogen (secondary N) is 1. The van der Waals surface area contributed by atoms with Crippen molar-refractivity contribution in [2.75, 3.05) is 6.54 Å². The Morgan fingerprint density at radius 2 is 2.00 bits per heavy atom. The Morgan fingerprint density at radius 3 is 2.33 bits per heavy atom. The lowest BCUT2D eigenvalue weighted by Gasteiger charge is -2.12. The molecule has 0 radical (unpaired) electrons. The first-order valence-corrected chi connectivity index (χ1v) is 3.65. The van der Waals surface area contributed by atoms with Crippen LogP contribution < -0.4 is 11.1 Å². The monoisotopic (exact) mass is 130 g/mol. The third-order valence-electron chi connectivity index (χ3n) is 1.31. The Hall–Kier alpha value is -0.0800. The van der Waals surface area contributed by atoms with E-state index < -0.39 is 0 Å². The second-order valence-electron chi connectivity index (χ2n) is 2.73. The first-order chi connectivity index (χ1) is 4.16. The standard InChI is InChI=1S/C7H18N2/c1-4-7(8)5-9-6(2)3/h6-7,9H,4-5,8H2,1-3H3. The number of nitrogens with two attached hydrogens (primary N) is 1. The minimum atomic E-state index is 0.326. The maximum atomic E-state index is 5.66. The van der Waals surface area contributed by atoms with Crippen LogP contribution in [0.5, 0.6) is 0 Å². The molecule has 0 aliphatic heterocycles. The van der Waals surface area contributed by atoms with E-state index in [9.17, 15) is 0 Å². The van der Waals surface area contributed by atoms with Crippen molar-refractivity contribution in [2.45, 2.75) is 39.3 Å². The molecule has 2 heteroatoms. The van der Waals surface area contributed by atoms with E-state index in [0.29, 0.717) is 12.1 Å². The van der Waals surface area contributed by atoms with E-state index in [2.05, 4.69) is 26.1 Å². The maximum absolute atomic E-state index is 5.66. The third-order valence-corrected chi connectivity index (χ3v) is 1.31. The van der Waals surface area contributed by atoms with Crippen molar-refractivity contribution < 1.29 is 0 Å². The molecule has 0 aromatic carbocycles. The van der Waals surface area contributed by atoms with Gasteiger partial charge in [-0.1, -0.05) is 20.8 Å². The molecule has 0 amide bonds. The Bertz CT molecular complexity index is 61.9. The number of rotatable bonds is 4. The van der Waals surface area contributed by atoms with E-state index in [1.54, 1.807) is 0 Å². The predicted octanol–water partition coefficient (Wildman–Crippen LogP) is 0.722.